The Hall–Kier alpha value is -2.14. The number of nitrogens with zero attached hydrogens (tertiary/aromatic N) is 1. The van der Waals surface area contributed by atoms with Gasteiger partial charge in [-0.1, -0.05) is 140 Å². The quantitative estimate of drug-likeness (QED) is 0.0370. The molecule has 0 fully saturated rings. The maximum absolute atomic E-state index is 12.2. The molecule has 0 heterocycles. The molecular weight excluding hydrogens is 606 g/mol. The van der Waals surface area contributed by atoms with Crippen LogP contribution in [0.1, 0.15) is 188 Å². The maximum Gasteiger partial charge on any atom is 0.305 e. The monoisotopic (exact) mass is 686 g/mol. The zero-order valence-electron chi connectivity index (χ0n) is 32.6. The average Bonchev–Trinajstić information content (AvgIpc) is 3.10. The third-order valence-corrected chi connectivity index (χ3v) is 8.83. The fourth-order valence-corrected chi connectivity index (χ4v) is 5.60. The van der Waals surface area contributed by atoms with Crippen molar-refractivity contribution in [2.75, 3.05) is 32.8 Å². The molecule has 0 rings (SSSR count). The van der Waals surface area contributed by atoms with Gasteiger partial charge in [-0.05, 0) is 90.0 Å². The molecule has 0 radical (unpaired) electrons. The summed E-state index contributed by atoms with van der Waals surface area (Å²) in [6, 6.07) is 0. The molecule has 49 heavy (non-hydrogen) atoms. The van der Waals surface area contributed by atoms with Crippen LogP contribution < -0.4 is 0 Å². The Morgan fingerprint density at radius 2 is 0.755 bits per heavy atom. The highest BCUT2D eigenvalue weighted by Gasteiger charge is 2.09. The SMILES string of the molecule is CCCCC/C=C\C/C=C\CCCCCCCC(=O)OCCN(CCCC)CCOC(=O)CCCCCCC/C=C\C/C=C\CCCCC. The van der Waals surface area contributed by atoms with E-state index in [0.717, 1.165) is 70.8 Å². The van der Waals surface area contributed by atoms with Gasteiger partial charge in [-0.25, -0.2) is 0 Å². The number of unbranched alkanes of at least 4 members (excludes halogenated alkanes) is 17. The molecule has 0 N–H and O–H groups in total. The molecular formula is C44H79NO4. The minimum absolute atomic E-state index is 0.0926. The molecule has 284 valence electrons. The fourth-order valence-electron chi connectivity index (χ4n) is 5.60. The van der Waals surface area contributed by atoms with Crippen LogP contribution in [-0.4, -0.2) is 49.7 Å². The van der Waals surface area contributed by atoms with Gasteiger partial charge >= 0.3 is 11.9 Å². The van der Waals surface area contributed by atoms with E-state index >= 15 is 0 Å². The second kappa shape index (κ2) is 40.3. The predicted octanol–water partition coefficient (Wildman–Crippen LogP) is 12.8. The number of carbonyl (C=O) groups is 2. The van der Waals surface area contributed by atoms with Gasteiger partial charge in [-0.2, -0.15) is 0 Å². The van der Waals surface area contributed by atoms with Gasteiger partial charge in [0.05, 0.1) is 0 Å². The predicted molar refractivity (Wildman–Crippen MR) is 212 cm³/mol. The van der Waals surface area contributed by atoms with E-state index in [2.05, 4.69) is 74.3 Å². The topological polar surface area (TPSA) is 55.8 Å². The first-order chi connectivity index (χ1) is 24.1. The highest BCUT2D eigenvalue weighted by molar-refractivity contribution is 5.69. The molecule has 0 aromatic carbocycles. The Morgan fingerprint density at radius 3 is 1.14 bits per heavy atom. The first-order valence-corrected chi connectivity index (χ1v) is 20.8. The molecule has 0 unspecified atom stereocenters. The van der Waals surface area contributed by atoms with Crippen LogP contribution in [0.15, 0.2) is 48.6 Å². The lowest BCUT2D eigenvalue weighted by molar-refractivity contribution is -0.144. The van der Waals surface area contributed by atoms with Gasteiger partial charge < -0.3 is 9.47 Å². The van der Waals surface area contributed by atoms with E-state index in [1.807, 2.05) is 0 Å². The largest absolute Gasteiger partial charge is 0.464 e. The van der Waals surface area contributed by atoms with Crippen molar-refractivity contribution in [3.63, 3.8) is 0 Å². The normalized spacial score (nSPS) is 12.1. The summed E-state index contributed by atoms with van der Waals surface area (Å²) in [7, 11) is 0. The van der Waals surface area contributed by atoms with Crippen molar-refractivity contribution >= 4 is 11.9 Å². The van der Waals surface area contributed by atoms with Crippen LogP contribution in [0.4, 0.5) is 0 Å². The van der Waals surface area contributed by atoms with Crippen LogP contribution in [0.25, 0.3) is 0 Å². The molecule has 0 amide bonds. The van der Waals surface area contributed by atoms with E-state index in [0.29, 0.717) is 39.1 Å². The second-order valence-corrected chi connectivity index (χ2v) is 13.6. The zero-order chi connectivity index (χ0) is 35.7. The zero-order valence-corrected chi connectivity index (χ0v) is 32.6. The summed E-state index contributed by atoms with van der Waals surface area (Å²) < 4.78 is 11.1. The minimum Gasteiger partial charge on any atom is -0.464 e. The Bertz CT molecular complexity index is 767. The van der Waals surface area contributed by atoms with Crippen LogP contribution in [0, 0.1) is 0 Å². The van der Waals surface area contributed by atoms with Gasteiger partial charge in [0.15, 0.2) is 0 Å². The standard InChI is InChI=1S/C44H79NO4/c1-4-7-10-12-14-16-18-20-22-24-26-28-30-32-34-36-43(46)48-41-39-45(38-9-6-3)40-42-49-44(47)37-35-33-31-29-27-25-23-21-19-17-15-13-11-8-5-2/h14-17,20-23H,4-13,18-19,24-42H2,1-3H3/b16-14-,17-15-,22-20-,23-21-. The van der Waals surface area contributed by atoms with Gasteiger partial charge in [0.2, 0.25) is 0 Å². The van der Waals surface area contributed by atoms with Gasteiger partial charge in [0.1, 0.15) is 13.2 Å². The highest BCUT2D eigenvalue weighted by atomic mass is 16.5. The van der Waals surface area contributed by atoms with Crippen molar-refractivity contribution in [3.8, 4) is 0 Å². The third-order valence-electron chi connectivity index (χ3n) is 8.83. The highest BCUT2D eigenvalue weighted by Crippen LogP contribution is 2.10. The summed E-state index contributed by atoms with van der Waals surface area (Å²) in [6.07, 6.45) is 47.5. The lowest BCUT2D eigenvalue weighted by Gasteiger charge is -2.21. The summed E-state index contributed by atoms with van der Waals surface area (Å²) in [5.41, 5.74) is 0. The van der Waals surface area contributed by atoms with Crippen molar-refractivity contribution in [1.82, 2.24) is 4.90 Å². The summed E-state index contributed by atoms with van der Waals surface area (Å²) in [6.45, 7) is 9.79. The van der Waals surface area contributed by atoms with E-state index in [1.54, 1.807) is 0 Å². The number of esters is 2. The van der Waals surface area contributed by atoms with E-state index in [-0.39, 0.29) is 11.9 Å². The summed E-state index contributed by atoms with van der Waals surface area (Å²) >= 11 is 0. The number of carbonyl (C=O) groups excluding carboxylic acids is 2. The Labute approximate surface area is 304 Å². The van der Waals surface area contributed by atoms with Crippen LogP contribution >= 0.6 is 0 Å². The molecule has 0 saturated carbocycles. The number of hydrogen-bond donors (Lipinski definition) is 0. The molecule has 5 heteroatoms. The van der Waals surface area contributed by atoms with Crippen molar-refractivity contribution in [1.29, 1.82) is 0 Å². The summed E-state index contributed by atoms with van der Waals surface area (Å²) in [5.74, 6) is -0.185. The molecule has 0 aromatic rings. The van der Waals surface area contributed by atoms with Gasteiger partial charge in [0.25, 0.3) is 0 Å². The molecule has 0 bridgehead atoms. The minimum atomic E-state index is -0.0926. The lowest BCUT2D eigenvalue weighted by Crippen LogP contribution is -2.33. The van der Waals surface area contributed by atoms with Crippen LogP contribution in [0.5, 0.6) is 0 Å². The number of hydrogen-bond acceptors (Lipinski definition) is 5. The number of rotatable bonds is 37. The second-order valence-electron chi connectivity index (χ2n) is 13.6. The average molecular weight is 686 g/mol. The van der Waals surface area contributed by atoms with Crippen LogP contribution in [-0.2, 0) is 19.1 Å². The molecule has 5 nitrogen and oxygen atoms in total. The van der Waals surface area contributed by atoms with Gasteiger partial charge in [-0.3, -0.25) is 14.5 Å². The van der Waals surface area contributed by atoms with Gasteiger partial charge in [0, 0.05) is 25.9 Å². The Kier molecular flexibility index (Phi) is 38.5. The third kappa shape index (κ3) is 38.5. The molecule has 0 atom stereocenters. The van der Waals surface area contributed by atoms with Crippen molar-refractivity contribution in [3.05, 3.63) is 48.6 Å². The maximum atomic E-state index is 12.2. The fraction of sp³-hybridized carbons (Fsp3) is 0.773. The van der Waals surface area contributed by atoms with E-state index in [9.17, 15) is 9.59 Å². The molecule has 0 saturated heterocycles. The lowest BCUT2D eigenvalue weighted by atomic mass is 10.1. The number of allylic oxidation sites excluding steroid dienone is 8. The molecule has 0 aliphatic heterocycles. The molecule has 0 spiro atoms. The van der Waals surface area contributed by atoms with E-state index < -0.39 is 0 Å². The first-order valence-electron chi connectivity index (χ1n) is 20.8. The van der Waals surface area contributed by atoms with Crippen LogP contribution in [0.3, 0.4) is 0 Å². The van der Waals surface area contributed by atoms with E-state index in [4.69, 9.17) is 9.47 Å². The van der Waals surface area contributed by atoms with Crippen molar-refractivity contribution in [2.45, 2.75) is 188 Å². The van der Waals surface area contributed by atoms with Crippen molar-refractivity contribution in [2.24, 2.45) is 0 Å². The van der Waals surface area contributed by atoms with Crippen LogP contribution in [0.2, 0.25) is 0 Å². The smallest absolute Gasteiger partial charge is 0.305 e. The van der Waals surface area contributed by atoms with E-state index in [1.165, 1.54) is 89.9 Å². The molecule has 0 aliphatic carbocycles. The first kappa shape index (κ1) is 46.9. The Balaban J connectivity index is 3.77. The number of ether oxygens (including phenoxy) is 2. The van der Waals surface area contributed by atoms with Crippen molar-refractivity contribution < 1.29 is 19.1 Å². The molecule has 0 aliphatic rings. The van der Waals surface area contributed by atoms with Gasteiger partial charge in [-0.15, -0.1) is 0 Å². The summed E-state index contributed by atoms with van der Waals surface area (Å²) in [4.78, 5) is 26.7. The Morgan fingerprint density at radius 1 is 0.408 bits per heavy atom. The summed E-state index contributed by atoms with van der Waals surface area (Å²) in [5, 5.41) is 0. The molecule has 0 aromatic heterocycles.